The van der Waals surface area contributed by atoms with Crippen LogP contribution in [0, 0.1) is 45.3 Å². The van der Waals surface area contributed by atoms with Crippen LogP contribution in [-0.4, -0.2) is 98.6 Å². The molecule has 4 aliphatic carbocycles. The van der Waals surface area contributed by atoms with Crippen molar-refractivity contribution in [1.29, 1.82) is 0 Å². The van der Waals surface area contributed by atoms with Gasteiger partial charge in [0.15, 0.2) is 36.4 Å². The molecule has 4 fully saturated rings. The van der Waals surface area contributed by atoms with Crippen molar-refractivity contribution in [2.24, 2.45) is 33.5 Å². The fourth-order valence-electron chi connectivity index (χ4n) is 10.5. The second kappa shape index (κ2) is 21.0. The average Bonchev–Trinajstić information content (AvgIpc) is 4.03. The van der Waals surface area contributed by atoms with E-state index in [2.05, 4.69) is 0 Å². The van der Waals surface area contributed by atoms with Crippen LogP contribution < -0.4 is 0 Å². The van der Waals surface area contributed by atoms with Gasteiger partial charge in [-0.3, -0.25) is 31.0 Å². The van der Waals surface area contributed by atoms with Crippen LogP contribution in [0.2, 0.25) is 0 Å². The summed E-state index contributed by atoms with van der Waals surface area (Å²) in [6.07, 6.45) is 0.327. The van der Waals surface area contributed by atoms with Gasteiger partial charge in [-0.25, -0.2) is 19.2 Å². The maximum absolute atomic E-state index is 15.7. The first-order valence-corrected chi connectivity index (χ1v) is 21.6. The monoisotopic (exact) mass is 954 g/mol. The Kier molecular flexibility index (Phi) is 17.8. The predicted molar refractivity (Wildman–Crippen MR) is 209 cm³/mol. The van der Waals surface area contributed by atoms with Crippen LogP contribution in [0.3, 0.4) is 0 Å². The van der Waals surface area contributed by atoms with Gasteiger partial charge in [0, 0.05) is 0 Å². The third kappa shape index (κ3) is 9.02. The number of hydrogen-bond donors (Lipinski definition) is 0. The molecule has 4 rings (SSSR count). The van der Waals surface area contributed by atoms with Crippen molar-refractivity contribution in [3.8, 4) is 0 Å². The number of ether oxygens (including phenoxy) is 8. The summed E-state index contributed by atoms with van der Waals surface area (Å²) in [5, 5.41) is 0. The summed E-state index contributed by atoms with van der Waals surface area (Å²) >= 11 is 0. The summed E-state index contributed by atoms with van der Waals surface area (Å²) in [4.78, 5) is 113. The van der Waals surface area contributed by atoms with E-state index in [1.807, 2.05) is 0 Å². The van der Waals surface area contributed by atoms with Gasteiger partial charge in [0.2, 0.25) is 0 Å². The molecule has 0 unspecified atom stereocenters. The normalized spacial score (nSPS) is 28.0. The molecular formula is C44H64O16Pd. The van der Waals surface area contributed by atoms with E-state index in [1.165, 1.54) is 27.7 Å². The maximum Gasteiger partial charge on any atom is 2.00 e. The van der Waals surface area contributed by atoms with Gasteiger partial charge in [-0.1, -0.05) is 101 Å². The van der Waals surface area contributed by atoms with Crippen LogP contribution in [0.15, 0.2) is 0 Å². The second-order valence-corrected chi connectivity index (χ2v) is 16.5. The second-order valence-electron chi connectivity index (χ2n) is 16.5. The number of rotatable bonds is 19. The minimum absolute atomic E-state index is 0. The SMILES string of the molecule is CCOC(=O)[C@H](C)OC(=O)[C-]1[C@@](C(=O)O[C@@H](C)C(=O)OCC)([C@]2(C(=O)O[C@@H](C)C(=O)OCC)[C-](C(=O)O[C@@H](C)C(=O)OCC)[C@]2(C)C2CCCCC2)[C@]1(C)C1CCCCC1.[Pd+2]. The first kappa shape index (κ1) is 51.5. The van der Waals surface area contributed by atoms with Crippen molar-refractivity contribution >= 4 is 47.8 Å². The molecule has 0 aromatic carbocycles. The van der Waals surface area contributed by atoms with E-state index in [4.69, 9.17) is 37.9 Å². The zero-order valence-electron chi connectivity index (χ0n) is 37.2. The summed E-state index contributed by atoms with van der Waals surface area (Å²) in [5.41, 5.74) is -8.18. The molecule has 0 spiro atoms. The van der Waals surface area contributed by atoms with Crippen molar-refractivity contribution in [3.05, 3.63) is 11.8 Å². The largest absolute Gasteiger partial charge is 2.00 e. The topological polar surface area (TPSA) is 210 Å². The van der Waals surface area contributed by atoms with E-state index in [1.54, 1.807) is 41.5 Å². The molecule has 0 N–H and O–H groups in total. The predicted octanol–water partition coefficient (Wildman–Crippen LogP) is 5.29. The molecule has 8 atom stereocenters. The van der Waals surface area contributed by atoms with Crippen LogP contribution in [-0.2, 0) is 96.7 Å². The molecule has 61 heavy (non-hydrogen) atoms. The van der Waals surface area contributed by atoms with E-state index < -0.39 is 106 Å². The smallest absolute Gasteiger partial charge is 0.473 e. The van der Waals surface area contributed by atoms with Crippen LogP contribution in [0.25, 0.3) is 0 Å². The fraction of sp³-hybridized carbons (Fsp3) is 0.773. The average molecular weight is 955 g/mol. The van der Waals surface area contributed by atoms with Gasteiger partial charge in [-0.05, 0) is 55.4 Å². The maximum atomic E-state index is 15.7. The van der Waals surface area contributed by atoms with E-state index in [-0.39, 0.29) is 58.7 Å². The standard InChI is InChI=1S/C44H64O16.Pd/c1-11-53-33(45)25(5)57-37(49)31-41(9,29-21-17-15-18-22-29)43(31,39(51)59-27(7)35(47)55-13-3)44(40(52)60-28(8)36(48)56-14-4)32(38(50)58-26(6)34(46)54-12-2)42(44,10)30-23-19-16-20-24-30;/h25-30H,11-24H2,1-10H3;/q-2;+2/t25-,26-,27-,28-,41-,42+,43-,44-;/m0./s1. The zero-order chi connectivity index (χ0) is 44.8. The van der Waals surface area contributed by atoms with Gasteiger partial charge in [0.25, 0.3) is 11.9 Å². The summed E-state index contributed by atoms with van der Waals surface area (Å²) < 4.78 is 44.2. The van der Waals surface area contributed by atoms with Crippen LogP contribution in [0.4, 0.5) is 0 Å². The summed E-state index contributed by atoms with van der Waals surface area (Å²) in [6.45, 7) is 14.6. The molecule has 0 saturated heterocycles. The zero-order valence-corrected chi connectivity index (χ0v) is 38.8. The van der Waals surface area contributed by atoms with Crippen molar-refractivity contribution in [3.63, 3.8) is 0 Å². The Hall–Kier alpha value is -3.84. The van der Waals surface area contributed by atoms with E-state index in [9.17, 15) is 28.8 Å². The van der Waals surface area contributed by atoms with Crippen molar-refractivity contribution in [2.45, 2.75) is 158 Å². The minimum Gasteiger partial charge on any atom is -0.473 e. The molecule has 346 valence electrons. The third-order valence-corrected chi connectivity index (χ3v) is 13.3. The molecule has 0 bridgehead atoms. The summed E-state index contributed by atoms with van der Waals surface area (Å²) in [5.74, 6) is -9.76. The van der Waals surface area contributed by atoms with Crippen LogP contribution in [0.5, 0.6) is 0 Å². The third-order valence-electron chi connectivity index (χ3n) is 13.3. The quantitative estimate of drug-likeness (QED) is 0.0697. The molecule has 4 aliphatic rings. The Morgan fingerprint density at radius 3 is 0.951 bits per heavy atom. The first-order valence-electron chi connectivity index (χ1n) is 21.6. The molecule has 0 heterocycles. The molecule has 0 radical (unpaired) electrons. The van der Waals surface area contributed by atoms with Gasteiger partial charge < -0.3 is 37.9 Å². The van der Waals surface area contributed by atoms with Gasteiger partial charge in [0.1, 0.15) is 0 Å². The summed E-state index contributed by atoms with van der Waals surface area (Å²) in [7, 11) is 0. The number of esters is 8. The molecule has 0 amide bonds. The van der Waals surface area contributed by atoms with Crippen molar-refractivity contribution < 1.29 is 96.7 Å². The number of carbonyl (C=O) groups excluding carboxylic acids is 8. The Morgan fingerprint density at radius 1 is 0.459 bits per heavy atom. The molecule has 0 aliphatic heterocycles. The number of carbonyl (C=O) groups is 8. The molecule has 0 aromatic rings. The van der Waals surface area contributed by atoms with Crippen LogP contribution >= 0.6 is 0 Å². The Balaban J connectivity index is 0.00000992. The van der Waals surface area contributed by atoms with Crippen LogP contribution in [0.1, 0.15) is 133 Å². The van der Waals surface area contributed by atoms with Gasteiger partial charge in [-0.2, -0.15) is 0 Å². The first-order chi connectivity index (χ1) is 28.3. The van der Waals surface area contributed by atoms with E-state index in [0.717, 1.165) is 12.8 Å². The number of hydrogen-bond acceptors (Lipinski definition) is 16. The molecule has 17 heteroatoms. The Labute approximate surface area is 372 Å². The van der Waals surface area contributed by atoms with Gasteiger partial charge in [0.05, 0.1) is 26.4 Å². The molecule has 0 aromatic heterocycles. The molecule has 4 saturated carbocycles. The Bertz CT molecular complexity index is 1520. The Morgan fingerprint density at radius 2 is 0.705 bits per heavy atom. The van der Waals surface area contributed by atoms with Gasteiger partial charge in [-0.15, -0.1) is 10.8 Å². The summed E-state index contributed by atoms with van der Waals surface area (Å²) in [6, 6.07) is 0. The fourth-order valence-corrected chi connectivity index (χ4v) is 10.5. The van der Waals surface area contributed by atoms with Gasteiger partial charge >= 0.3 is 44.3 Å². The van der Waals surface area contributed by atoms with Crippen molar-refractivity contribution in [2.75, 3.05) is 26.4 Å². The minimum atomic E-state index is -2.45. The van der Waals surface area contributed by atoms with Crippen molar-refractivity contribution in [1.82, 2.24) is 0 Å². The molecule has 16 nitrogen and oxygen atoms in total. The molecular weight excluding hydrogens is 891 g/mol. The van der Waals surface area contributed by atoms with E-state index in [0.29, 0.717) is 51.4 Å². The van der Waals surface area contributed by atoms with E-state index >= 15 is 9.59 Å².